The molecule has 8 heteroatoms. The van der Waals surface area contributed by atoms with Crippen LogP contribution in [0.15, 0.2) is 30.3 Å². The Morgan fingerprint density at radius 2 is 1.80 bits per heavy atom. The number of amides is 2. The number of hydrogen-bond acceptors (Lipinski definition) is 6. The molecular weight excluding hydrogens is 384 g/mol. The summed E-state index contributed by atoms with van der Waals surface area (Å²) in [5.74, 6) is -1.21. The van der Waals surface area contributed by atoms with E-state index >= 15 is 0 Å². The van der Waals surface area contributed by atoms with Gasteiger partial charge in [-0.25, -0.2) is 4.79 Å². The first-order valence-corrected chi connectivity index (χ1v) is 10.5. The number of primary amides is 1. The predicted molar refractivity (Wildman–Crippen MR) is 113 cm³/mol. The van der Waals surface area contributed by atoms with Crippen LogP contribution in [0.3, 0.4) is 0 Å². The van der Waals surface area contributed by atoms with Crippen molar-refractivity contribution in [1.29, 1.82) is 0 Å². The van der Waals surface area contributed by atoms with Crippen LogP contribution in [0.5, 0.6) is 0 Å². The fraction of sp³-hybridized carbons (Fsp3) is 0.591. The number of nitrogens with zero attached hydrogens (tertiary/aromatic N) is 3. The lowest BCUT2D eigenvalue weighted by atomic mass is 10.0. The number of piperidine rings is 1. The molecule has 2 aliphatic rings. The maximum Gasteiger partial charge on any atom is 0.338 e. The standard InChI is InChI=1S/C22H32N4O4/c1-24-10-8-18(9-11-24)25(2)15-21(28)26-13-17(12-20(23)27)19(14-26)30-22(29)16-6-4-3-5-7-16/h3-7,17-19H,8-15H2,1-2H3,(H2,23,27)/t17-,19+/m0/s1. The van der Waals surface area contributed by atoms with Crippen LogP contribution < -0.4 is 5.73 Å². The molecule has 2 saturated heterocycles. The minimum absolute atomic E-state index is 0.0100. The van der Waals surface area contributed by atoms with Gasteiger partial charge in [-0.2, -0.15) is 0 Å². The van der Waals surface area contributed by atoms with E-state index in [9.17, 15) is 14.4 Å². The van der Waals surface area contributed by atoms with Gasteiger partial charge < -0.3 is 20.3 Å². The van der Waals surface area contributed by atoms with E-state index in [1.165, 1.54) is 0 Å². The van der Waals surface area contributed by atoms with Crippen LogP contribution in [-0.4, -0.2) is 91.4 Å². The van der Waals surface area contributed by atoms with E-state index < -0.39 is 18.0 Å². The third kappa shape index (κ3) is 5.79. The van der Waals surface area contributed by atoms with E-state index in [2.05, 4.69) is 16.8 Å². The number of likely N-dealkylation sites (N-methyl/N-ethyl adjacent to an activating group) is 1. The predicted octanol–water partition coefficient (Wildman–Crippen LogP) is 0.572. The second-order valence-electron chi connectivity index (χ2n) is 8.49. The summed E-state index contributed by atoms with van der Waals surface area (Å²) in [6.07, 6.45) is 1.63. The number of carbonyl (C=O) groups is 3. The number of likely N-dealkylation sites (tertiary alicyclic amines) is 2. The van der Waals surface area contributed by atoms with E-state index in [0.717, 1.165) is 25.9 Å². The van der Waals surface area contributed by atoms with Crippen molar-refractivity contribution < 1.29 is 19.1 Å². The van der Waals surface area contributed by atoms with E-state index in [-0.39, 0.29) is 24.8 Å². The van der Waals surface area contributed by atoms with Crippen molar-refractivity contribution in [1.82, 2.24) is 14.7 Å². The van der Waals surface area contributed by atoms with Gasteiger partial charge in [0.05, 0.1) is 18.7 Å². The molecule has 1 aromatic carbocycles. The van der Waals surface area contributed by atoms with Gasteiger partial charge in [0.15, 0.2) is 0 Å². The molecule has 0 unspecified atom stereocenters. The zero-order valence-electron chi connectivity index (χ0n) is 17.8. The van der Waals surface area contributed by atoms with Crippen molar-refractivity contribution in [3.05, 3.63) is 35.9 Å². The summed E-state index contributed by atoms with van der Waals surface area (Å²) in [5, 5.41) is 0. The average molecular weight is 417 g/mol. The minimum Gasteiger partial charge on any atom is -0.457 e. The summed E-state index contributed by atoms with van der Waals surface area (Å²) in [4.78, 5) is 43.0. The molecule has 2 heterocycles. The summed E-state index contributed by atoms with van der Waals surface area (Å²) in [5.41, 5.74) is 5.84. The molecular formula is C22H32N4O4. The van der Waals surface area contributed by atoms with E-state index in [1.807, 2.05) is 13.1 Å². The number of ether oxygens (including phenoxy) is 1. The molecule has 0 radical (unpaired) electrons. The quantitative estimate of drug-likeness (QED) is 0.653. The molecule has 2 fully saturated rings. The molecule has 3 rings (SSSR count). The lowest BCUT2D eigenvalue weighted by Crippen LogP contribution is -2.46. The largest absolute Gasteiger partial charge is 0.457 e. The van der Waals surface area contributed by atoms with E-state index in [0.29, 0.717) is 24.7 Å². The fourth-order valence-electron chi connectivity index (χ4n) is 4.29. The Bertz CT molecular complexity index is 749. The number of benzene rings is 1. The molecule has 164 valence electrons. The van der Waals surface area contributed by atoms with Gasteiger partial charge in [-0.3, -0.25) is 14.5 Å². The van der Waals surface area contributed by atoms with Gasteiger partial charge in [0.1, 0.15) is 6.10 Å². The Labute approximate surface area is 177 Å². The first-order valence-electron chi connectivity index (χ1n) is 10.5. The molecule has 2 amide bonds. The summed E-state index contributed by atoms with van der Waals surface area (Å²) >= 11 is 0. The lowest BCUT2D eigenvalue weighted by Gasteiger charge is -2.35. The van der Waals surface area contributed by atoms with Gasteiger partial charge in [0.2, 0.25) is 11.8 Å². The average Bonchev–Trinajstić information content (AvgIpc) is 3.10. The number of esters is 1. The molecule has 30 heavy (non-hydrogen) atoms. The van der Waals surface area contributed by atoms with Crippen LogP contribution in [0.2, 0.25) is 0 Å². The van der Waals surface area contributed by atoms with Crippen LogP contribution in [0.4, 0.5) is 0 Å². The second-order valence-corrected chi connectivity index (χ2v) is 8.49. The molecule has 0 aromatic heterocycles. The number of nitrogens with two attached hydrogens (primary N) is 1. The number of hydrogen-bond donors (Lipinski definition) is 1. The maximum atomic E-state index is 12.9. The first kappa shape index (κ1) is 22.2. The summed E-state index contributed by atoms with van der Waals surface area (Å²) < 4.78 is 5.66. The highest BCUT2D eigenvalue weighted by molar-refractivity contribution is 5.89. The van der Waals surface area contributed by atoms with Gasteiger partial charge in [-0.15, -0.1) is 0 Å². The highest BCUT2D eigenvalue weighted by Gasteiger charge is 2.39. The molecule has 0 bridgehead atoms. The van der Waals surface area contributed by atoms with Crippen molar-refractivity contribution in [2.75, 3.05) is 46.8 Å². The molecule has 2 atom stereocenters. The van der Waals surface area contributed by atoms with Crippen LogP contribution in [0, 0.1) is 5.92 Å². The Morgan fingerprint density at radius 3 is 2.43 bits per heavy atom. The molecule has 0 aliphatic carbocycles. The van der Waals surface area contributed by atoms with Gasteiger partial charge in [0.25, 0.3) is 0 Å². The van der Waals surface area contributed by atoms with E-state index in [4.69, 9.17) is 10.5 Å². The fourth-order valence-corrected chi connectivity index (χ4v) is 4.29. The Balaban J connectivity index is 1.59. The smallest absolute Gasteiger partial charge is 0.338 e. The topological polar surface area (TPSA) is 96.2 Å². The van der Waals surface area contributed by atoms with Crippen molar-refractivity contribution in [2.24, 2.45) is 11.7 Å². The zero-order valence-corrected chi connectivity index (χ0v) is 17.8. The summed E-state index contributed by atoms with van der Waals surface area (Å²) in [7, 11) is 4.10. The summed E-state index contributed by atoms with van der Waals surface area (Å²) in [6.45, 7) is 3.04. The molecule has 8 nitrogen and oxygen atoms in total. The van der Waals surface area contributed by atoms with Crippen molar-refractivity contribution in [3.8, 4) is 0 Å². The first-order chi connectivity index (χ1) is 14.3. The van der Waals surface area contributed by atoms with Crippen molar-refractivity contribution in [3.63, 3.8) is 0 Å². The maximum absolute atomic E-state index is 12.9. The van der Waals surface area contributed by atoms with Crippen molar-refractivity contribution >= 4 is 17.8 Å². The van der Waals surface area contributed by atoms with E-state index in [1.54, 1.807) is 29.2 Å². The number of carbonyl (C=O) groups excluding carboxylic acids is 3. The second kappa shape index (κ2) is 10.0. The van der Waals surface area contributed by atoms with Gasteiger partial charge in [0, 0.05) is 24.9 Å². The van der Waals surface area contributed by atoms with Crippen LogP contribution >= 0.6 is 0 Å². The minimum atomic E-state index is -0.539. The third-order valence-electron chi connectivity index (χ3n) is 6.16. The monoisotopic (exact) mass is 416 g/mol. The van der Waals surface area contributed by atoms with Gasteiger partial charge >= 0.3 is 5.97 Å². The third-order valence-corrected chi connectivity index (χ3v) is 6.16. The highest BCUT2D eigenvalue weighted by Crippen LogP contribution is 2.25. The van der Waals surface area contributed by atoms with Gasteiger partial charge in [-0.05, 0) is 52.2 Å². The SMILES string of the molecule is CN1CCC(N(C)CC(=O)N2C[C@H](CC(N)=O)[C@H](OC(=O)c3ccccc3)C2)CC1. The molecule has 0 spiro atoms. The normalized spacial score (nSPS) is 23.0. The molecule has 0 saturated carbocycles. The molecule has 2 N–H and O–H groups in total. The Morgan fingerprint density at radius 1 is 1.13 bits per heavy atom. The number of rotatable bonds is 7. The Kier molecular flexibility index (Phi) is 7.44. The molecule has 1 aromatic rings. The van der Waals surface area contributed by atoms with Crippen LogP contribution in [0.25, 0.3) is 0 Å². The highest BCUT2D eigenvalue weighted by atomic mass is 16.5. The van der Waals surface area contributed by atoms with Gasteiger partial charge in [-0.1, -0.05) is 18.2 Å². The molecule has 2 aliphatic heterocycles. The Hall–Kier alpha value is -2.45. The van der Waals surface area contributed by atoms with Crippen LogP contribution in [0.1, 0.15) is 29.6 Å². The zero-order chi connectivity index (χ0) is 21.7. The van der Waals surface area contributed by atoms with Crippen LogP contribution in [-0.2, 0) is 14.3 Å². The summed E-state index contributed by atoms with van der Waals surface area (Å²) in [6, 6.07) is 9.10. The van der Waals surface area contributed by atoms with Crippen molar-refractivity contribution in [2.45, 2.75) is 31.4 Å². The lowest BCUT2D eigenvalue weighted by molar-refractivity contribution is -0.132.